The predicted molar refractivity (Wildman–Crippen MR) is 147 cm³/mol. The Morgan fingerprint density at radius 2 is 1.69 bits per heavy atom. The van der Waals surface area contributed by atoms with Gasteiger partial charge in [0.05, 0.1) is 12.6 Å². The minimum atomic E-state index is -0.403. The molecule has 0 spiro atoms. The molecule has 1 aliphatic heterocycles. The highest BCUT2D eigenvalue weighted by molar-refractivity contribution is 5.90. The van der Waals surface area contributed by atoms with Crippen LogP contribution in [-0.4, -0.2) is 42.3 Å². The van der Waals surface area contributed by atoms with Gasteiger partial charge in [-0.2, -0.15) is 0 Å². The van der Waals surface area contributed by atoms with Crippen molar-refractivity contribution in [2.24, 2.45) is 11.8 Å². The van der Waals surface area contributed by atoms with Crippen molar-refractivity contribution in [2.45, 2.75) is 77.9 Å². The first kappa shape index (κ1) is 26.4. The van der Waals surface area contributed by atoms with Crippen molar-refractivity contribution in [3.63, 3.8) is 0 Å². The molecule has 1 atom stereocenters. The van der Waals surface area contributed by atoms with Crippen LogP contribution in [-0.2, 0) is 22.7 Å². The molecule has 1 unspecified atom stereocenters. The number of ketones is 1. The first-order chi connectivity index (χ1) is 17.5. The van der Waals surface area contributed by atoms with Crippen molar-refractivity contribution in [2.75, 3.05) is 24.5 Å². The maximum absolute atomic E-state index is 13.5. The molecule has 0 aromatic heterocycles. The second-order valence-electron chi connectivity index (χ2n) is 11.2. The van der Waals surface area contributed by atoms with Crippen LogP contribution in [0.2, 0.25) is 0 Å². The highest BCUT2D eigenvalue weighted by Crippen LogP contribution is 2.29. The van der Waals surface area contributed by atoms with Gasteiger partial charge in [0.2, 0.25) is 5.91 Å². The van der Waals surface area contributed by atoms with Crippen LogP contribution in [0.15, 0.2) is 54.6 Å². The monoisotopic (exact) mass is 489 g/mol. The molecule has 1 fully saturated rings. The summed E-state index contributed by atoms with van der Waals surface area (Å²) < 4.78 is 0. The van der Waals surface area contributed by atoms with Gasteiger partial charge in [-0.3, -0.25) is 14.5 Å². The van der Waals surface area contributed by atoms with E-state index < -0.39 is 6.04 Å². The SMILES string of the molecule is CC(C)CC(NC(=O)CCC1CCCC1)C(=O)CN1CCN(Cc2ccccc2)c2ccccc2C1. The van der Waals surface area contributed by atoms with Crippen LogP contribution < -0.4 is 10.2 Å². The Hall–Kier alpha value is -2.66. The van der Waals surface area contributed by atoms with E-state index in [4.69, 9.17) is 0 Å². The van der Waals surface area contributed by atoms with Crippen molar-refractivity contribution in [3.05, 3.63) is 65.7 Å². The first-order valence-electron chi connectivity index (χ1n) is 13.9. The quantitative estimate of drug-likeness (QED) is 0.448. The molecule has 1 amide bonds. The molecule has 194 valence electrons. The Kier molecular flexibility index (Phi) is 9.57. The number of rotatable bonds is 11. The highest BCUT2D eigenvalue weighted by atomic mass is 16.2. The Morgan fingerprint density at radius 3 is 2.44 bits per heavy atom. The molecular weight excluding hydrogens is 446 g/mol. The largest absolute Gasteiger partial charge is 0.366 e. The van der Waals surface area contributed by atoms with Gasteiger partial charge in [0.15, 0.2) is 5.78 Å². The number of nitrogens with one attached hydrogen (secondary N) is 1. The fraction of sp³-hybridized carbons (Fsp3) is 0.548. The highest BCUT2D eigenvalue weighted by Gasteiger charge is 2.27. The number of carbonyl (C=O) groups excluding carboxylic acids is 2. The number of hydrogen-bond donors (Lipinski definition) is 1. The molecule has 2 aromatic rings. The topological polar surface area (TPSA) is 52.7 Å². The van der Waals surface area contributed by atoms with Gasteiger partial charge in [0.1, 0.15) is 0 Å². The number of para-hydroxylation sites is 1. The lowest BCUT2D eigenvalue weighted by Crippen LogP contribution is -2.46. The molecule has 0 saturated heterocycles. The molecule has 2 aromatic carbocycles. The molecule has 1 N–H and O–H groups in total. The zero-order valence-corrected chi connectivity index (χ0v) is 22.1. The fourth-order valence-electron chi connectivity index (χ4n) is 5.73. The van der Waals surface area contributed by atoms with Crippen LogP contribution >= 0.6 is 0 Å². The summed E-state index contributed by atoms with van der Waals surface area (Å²) in [5.74, 6) is 1.20. The lowest BCUT2D eigenvalue weighted by Gasteiger charge is -2.26. The Labute approximate surface area is 217 Å². The van der Waals surface area contributed by atoms with E-state index in [1.54, 1.807) is 0 Å². The van der Waals surface area contributed by atoms with Crippen LogP contribution in [0.4, 0.5) is 5.69 Å². The van der Waals surface area contributed by atoms with Crippen molar-refractivity contribution in [3.8, 4) is 0 Å². The zero-order valence-electron chi connectivity index (χ0n) is 22.1. The summed E-state index contributed by atoms with van der Waals surface area (Å²) in [6.07, 6.45) is 7.27. The standard InChI is InChI=1S/C31H43N3O2/c1-24(2)20-28(32-31(36)17-16-25-10-6-7-11-25)30(35)23-33-18-19-34(21-26-12-4-3-5-13-26)29-15-9-8-14-27(29)22-33/h3-5,8-9,12-15,24-25,28H,6-7,10-11,16-23H2,1-2H3,(H,32,36). The van der Waals surface area contributed by atoms with E-state index in [2.05, 4.69) is 77.5 Å². The third-order valence-corrected chi connectivity index (χ3v) is 7.69. The van der Waals surface area contributed by atoms with Crippen LogP contribution in [0.3, 0.4) is 0 Å². The molecule has 1 heterocycles. The molecule has 0 bridgehead atoms. The van der Waals surface area contributed by atoms with Crippen molar-refractivity contribution in [1.82, 2.24) is 10.2 Å². The predicted octanol–water partition coefficient (Wildman–Crippen LogP) is 5.58. The van der Waals surface area contributed by atoms with Crippen LogP contribution in [0, 0.1) is 11.8 Å². The molecule has 0 radical (unpaired) electrons. The Balaban J connectivity index is 1.38. The lowest BCUT2D eigenvalue weighted by molar-refractivity contribution is -0.129. The third kappa shape index (κ3) is 7.67. The van der Waals surface area contributed by atoms with Crippen LogP contribution in [0.25, 0.3) is 0 Å². The number of nitrogens with zero attached hydrogens (tertiary/aromatic N) is 2. The molecule has 4 rings (SSSR count). The van der Waals surface area contributed by atoms with Gasteiger partial charge >= 0.3 is 0 Å². The second kappa shape index (κ2) is 13.0. The number of benzene rings is 2. The Bertz CT molecular complexity index is 984. The molecule has 5 nitrogen and oxygen atoms in total. The summed E-state index contributed by atoms with van der Waals surface area (Å²) >= 11 is 0. The number of Topliss-reactive ketones (excluding diaryl/α,β-unsaturated/α-hetero) is 1. The van der Waals surface area contributed by atoms with Gasteiger partial charge in [0, 0.05) is 38.3 Å². The van der Waals surface area contributed by atoms with Gasteiger partial charge < -0.3 is 10.2 Å². The Morgan fingerprint density at radius 1 is 0.972 bits per heavy atom. The number of amides is 1. The van der Waals surface area contributed by atoms with E-state index in [1.165, 1.54) is 42.5 Å². The summed E-state index contributed by atoms with van der Waals surface area (Å²) in [6.45, 7) is 7.89. The van der Waals surface area contributed by atoms with E-state index in [9.17, 15) is 9.59 Å². The van der Waals surface area contributed by atoms with Gasteiger partial charge in [-0.25, -0.2) is 0 Å². The minimum absolute atomic E-state index is 0.0381. The maximum Gasteiger partial charge on any atom is 0.220 e. The average Bonchev–Trinajstić information content (AvgIpc) is 3.33. The second-order valence-corrected chi connectivity index (χ2v) is 11.2. The number of fused-ring (bicyclic) bond motifs is 1. The fourth-order valence-corrected chi connectivity index (χ4v) is 5.73. The van der Waals surface area contributed by atoms with Gasteiger partial charge in [-0.05, 0) is 41.9 Å². The third-order valence-electron chi connectivity index (χ3n) is 7.69. The summed E-state index contributed by atoms with van der Waals surface area (Å²) in [5.41, 5.74) is 3.78. The molecule has 2 aliphatic rings. The van der Waals surface area contributed by atoms with E-state index in [1.807, 2.05) is 6.07 Å². The molecule has 36 heavy (non-hydrogen) atoms. The van der Waals surface area contributed by atoms with Gasteiger partial charge in [-0.15, -0.1) is 0 Å². The molecule has 1 saturated carbocycles. The van der Waals surface area contributed by atoms with E-state index in [0.717, 1.165) is 32.6 Å². The maximum atomic E-state index is 13.5. The van der Waals surface area contributed by atoms with E-state index >= 15 is 0 Å². The molecule has 5 heteroatoms. The summed E-state index contributed by atoms with van der Waals surface area (Å²) in [7, 11) is 0. The molecule has 1 aliphatic carbocycles. The van der Waals surface area contributed by atoms with Crippen molar-refractivity contribution in [1.29, 1.82) is 0 Å². The van der Waals surface area contributed by atoms with Gasteiger partial charge in [-0.1, -0.05) is 88.1 Å². The van der Waals surface area contributed by atoms with Crippen LogP contribution in [0.1, 0.15) is 69.9 Å². The first-order valence-corrected chi connectivity index (χ1v) is 13.9. The lowest BCUT2D eigenvalue weighted by atomic mass is 9.98. The summed E-state index contributed by atoms with van der Waals surface area (Å²) in [5, 5.41) is 3.11. The van der Waals surface area contributed by atoms with Crippen LogP contribution in [0.5, 0.6) is 0 Å². The smallest absolute Gasteiger partial charge is 0.220 e. The van der Waals surface area contributed by atoms with E-state index in [0.29, 0.717) is 31.2 Å². The minimum Gasteiger partial charge on any atom is -0.366 e. The number of hydrogen-bond acceptors (Lipinski definition) is 4. The summed E-state index contributed by atoms with van der Waals surface area (Å²) in [6, 6.07) is 18.7. The molecular formula is C31H43N3O2. The van der Waals surface area contributed by atoms with Gasteiger partial charge in [0.25, 0.3) is 0 Å². The summed E-state index contributed by atoms with van der Waals surface area (Å²) in [4.78, 5) is 30.9. The number of carbonyl (C=O) groups is 2. The average molecular weight is 490 g/mol. The van der Waals surface area contributed by atoms with Crippen molar-refractivity contribution < 1.29 is 9.59 Å². The van der Waals surface area contributed by atoms with E-state index in [-0.39, 0.29) is 11.7 Å². The zero-order chi connectivity index (χ0) is 25.3. The number of anilines is 1. The normalized spacial score (nSPS) is 17.6. The van der Waals surface area contributed by atoms with Crippen molar-refractivity contribution >= 4 is 17.4 Å².